The van der Waals surface area contributed by atoms with Gasteiger partial charge in [-0.15, -0.1) is 11.3 Å². The Morgan fingerprint density at radius 3 is 2.96 bits per heavy atom. The average Bonchev–Trinajstić information content (AvgIpc) is 3.26. The van der Waals surface area contributed by atoms with Crippen molar-refractivity contribution >= 4 is 17.2 Å². The summed E-state index contributed by atoms with van der Waals surface area (Å²) in [4.78, 5) is 21.1. The predicted molar refractivity (Wildman–Crippen MR) is 88.1 cm³/mol. The Morgan fingerprint density at radius 1 is 1.35 bits per heavy atom. The Hall–Kier alpha value is -1.73. The maximum absolute atomic E-state index is 12.5. The first-order valence-electron chi connectivity index (χ1n) is 8.06. The Labute approximate surface area is 139 Å². The SMILES string of the molecule is Cn1cc(CN2C[C@@H]3CCN(C(=O)c4cscn4)C[C@@H]3C2)cn1. The Morgan fingerprint density at radius 2 is 2.22 bits per heavy atom. The maximum Gasteiger partial charge on any atom is 0.273 e. The highest BCUT2D eigenvalue weighted by Gasteiger charge is 2.38. The lowest BCUT2D eigenvalue weighted by Crippen LogP contribution is -2.43. The van der Waals surface area contributed by atoms with Gasteiger partial charge < -0.3 is 4.90 Å². The summed E-state index contributed by atoms with van der Waals surface area (Å²) in [5.41, 5.74) is 3.59. The van der Waals surface area contributed by atoms with Gasteiger partial charge in [0.25, 0.3) is 5.91 Å². The first-order valence-corrected chi connectivity index (χ1v) is 9.00. The van der Waals surface area contributed by atoms with Gasteiger partial charge in [-0.1, -0.05) is 0 Å². The van der Waals surface area contributed by atoms with Gasteiger partial charge in [0.05, 0.1) is 11.7 Å². The van der Waals surface area contributed by atoms with Crippen molar-refractivity contribution in [2.24, 2.45) is 18.9 Å². The fourth-order valence-electron chi connectivity index (χ4n) is 3.87. The molecule has 0 aromatic carbocycles. The minimum atomic E-state index is 0.0930. The number of hydrogen-bond acceptors (Lipinski definition) is 5. The molecule has 0 saturated carbocycles. The zero-order valence-corrected chi connectivity index (χ0v) is 14.1. The number of fused-ring (bicyclic) bond motifs is 1. The molecule has 7 heteroatoms. The Balaban J connectivity index is 1.37. The number of likely N-dealkylation sites (tertiary alicyclic amines) is 2. The van der Waals surface area contributed by atoms with Crippen molar-refractivity contribution in [2.45, 2.75) is 13.0 Å². The number of nitrogens with zero attached hydrogens (tertiary/aromatic N) is 5. The summed E-state index contributed by atoms with van der Waals surface area (Å²) in [5, 5.41) is 6.09. The summed E-state index contributed by atoms with van der Waals surface area (Å²) in [5.74, 6) is 1.39. The number of rotatable bonds is 3. The Kier molecular flexibility index (Phi) is 3.90. The fourth-order valence-corrected chi connectivity index (χ4v) is 4.40. The summed E-state index contributed by atoms with van der Waals surface area (Å²) in [6.07, 6.45) is 5.13. The van der Waals surface area contributed by atoms with Gasteiger partial charge in [0, 0.05) is 56.9 Å². The van der Waals surface area contributed by atoms with Gasteiger partial charge in [-0.25, -0.2) is 4.98 Å². The van der Waals surface area contributed by atoms with Crippen LogP contribution in [-0.2, 0) is 13.6 Å². The standard InChI is InChI=1S/C16H21N5OS/c1-19-5-12(4-18-19)6-20-7-13-2-3-21(9-14(13)8-20)16(22)15-10-23-11-17-15/h4-5,10-11,13-14H,2-3,6-9H2,1H3/t13-,14-/m0/s1. The molecule has 6 nitrogen and oxygen atoms in total. The van der Waals surface area contributed by atoms with Crippen LogP contribution in [0, 0.1) is 11.8 Å². The highest BCUT2D eigenvalue weighted by atomic mass is 32.1. The van der Waals surface area contributed by atoms with E-state index in [2.05, 4.69) is 21.2 Å². The van der Waals surface area contributed by atoms with Crippen LogP contribution in [0.15, 0.2) is 23.3 Å². The number of aromatic nitrogens is 3. The van der Waals surface area contributed by atoms with Crippen LogP contribution in [0.4, 0.5) is 0 Å². The van der Waals surface area contributed by atoms with Crippen LogP contribution in [0.2, 0.25) is 0 Å². The quantitative estimate of drug-likeness (QED) is 0.855. The van der Waals surface area contributed by atoms with Crippen molar-refractivity contribution in [3.63, 3.8) is 0 Å². The highest BCUT2D eigenvalue weighted by molar-refractivity contribution is 7.07. The van der Waals surface area contributed by atoms with Crippen LogP contribution < -0.4 is 0 Å². The molecule has 2 aromatic rings. The molecule has 0 bridgehead atoms. The van der Waals surface area contributed by atoms with Gasteiger partial charge in [0.1, 0.15) is 5.69 Å². The average molecular weight is 331 g/mol. The van der Waals surface area contributed by atoms with Crippen LogP contribution in [0.25, 0.3) is 0 Å². The van der Waals surface area contributed by atoms with Gasteiger partial charge in [0.15, 0.2) is 0 Å². The second-order valence-corrected chi connectivity index (χ2v) is 7.37. The van der Waals surface area contributed by atoms with Crippen molar-refractivity contribution < 1.29 is 4.79 Å². The van der Waals surface area contributed by atoms with Crippen molar-refractivity contribution in [3.05, 3.63) is 34.5 Å². The molecule has 4 heterocycles. The summed E-state index contributed by atoms with van der Waals surface area (Å²) in [7, 11) is 1.95. The van der Waals surface area contributed by atoms with E-state index in [4.69, 9.17) is 0 Å². The summed E-state index contributed by atoms with van der Waals surface area (Å²) in [6, 6.07) is 0. The van der Waals surface area contributed by atoms with E-state index in [1.807, 2.05) is 28.2 Å². The fraction of sp³-hybridized carbons (Fsp3) is 0.562. The predicted octanol–water partition coefficient (Wildman–Crippen LogP) is 1.47. The minimum Gasteiger partial charge on any atom is -0.337 e. The number of amides is 1. The molecular weight excluding hydrogens is 310 g/mol. The number of carbonyl (C=O) groups excluding carboxylic acids is 1. The molecule has 2 saturated heterocycles. The van der Waals surface area contributed by atoms with E-state index in [-0.39, 0.29) is 5.91 Å². The maximum atomic E-state index is 12.5. The van der Waals surface area contributed by atoms with Crippen LogP contribution in [0.5, 0.6) is 0 Å². The van der Waals surface area contributed by atoms with E-state index in [9.17, 15) is 4.79 Å². The van der Waals surface area contributed by atoms with Gasteiger partial charge in [-0.05, 0) is 18.3 Å². The number of aryl methyl sites for hydroxylation is 1. The van der Waals surface area contributed by atoms with Gasteiger partial charge in [-0.3, -0.25) is 14.4 Å². The number of piperidine rings is 1. The summed E-state index contributed by atoms with van der Waals surface area (Å²) in [6.45, 7) is 4.89. The van der Waals surface area contributed by atoms with Gasteiger partial charge in [0.2, 0.25) is 0 Å². The topological polar surface area (TPSA) is 54.3 Å². The lowest BCUT2D eigenvalue weighted by atomic mass is 9.88. The molecule has 2 aliphatic rings. The lowest BCUT2D eigenvalue weighted by Gasteiger charge is -2.34. The molecule has 2 aliphatic heterocycles. The molecule has 0 spiro atoms. The van der Waals surface area contributed by atoms with Crippen molar-refractivity contribution in [1.29, 1.82) is 0 Å². The third-order valence-electron chi connectivity index (χ3n) is 4.98. The molecule has 122 valence electrons. The highest BCUT2D eigenvalue weighted by Crippen LogP contribution is 2.32. The lowest BCUT2D eigenvalue weighted by molar-refractivity contribution is 0.0637. The van der Waals surface area contributed by atoms with E-state index in [1.165, 1.54) is 16.9 Å². The zero-order valence-electron chi connectivity index (χ0n) is 13.3. The zero-order chi connectivity index (χ0) is 15.8. The van der Waals surface area contributed by atoms with Crippen LogP contribution in [0.3, 0.4) is 0 Å². The molecule has 2 atom stereocenters. The van der Waals surface area contributed by atoms with E-state index in [0.29, 0.717) is 17.5 Å². The minimum absolute atomic E-state index is 0.0930. The normalized spacial score (nSPS) is 24.8. The second-order valence-electron chi connectivity index (χ2n) is 6.65. The van der Waals surface area contributed by atoms with Crippen molar-refractivity contribution in [1.82, 2.24) is 24.6 Å². The molecule has 0 unspecified atom stereocenters. The molecule has 0 radical (unpaired) electrons. The third kappa shape index (κ3) is 3.03. The molecular formula is C16H21N5OS. The van der Waals surface area contributed by atoms with E-state index in [0.717, 1.165) is 39.1 Å². The molecule has 0 aliphatic carbocycles. The van der Waals surface area contributed by atoms with Crippen molar-refractivity contribution in [3.8, 4) is 0 Å². The summed E-state index contributed by atoms with van der Waals surface area (Å²) < 4.78 is 1.85. The van der Waals surface area contributed by atoms with E-state index in [1.54, 1.807) is 5.51 Å². The number of thiazole rings is 1. The molecule has 1 amide bonds. The molecule has 23 heavy (non-hydrogen) atoms. The van der Waals surface area contributed by atoms with Crippen LogP contribution >= 0.6 is 11.3 Å². The van der Waals surface area contributed by atoms with Gasteiger partial charge in [-0.2, -0.15) is 5.10 Å². The van der Waals surface area contributed by atoms with E-state index >= 15 is 0 Å². The van der Waals surface area contributed by atoms with Crippen LogP contribution in [-0.4, -0.2) is 56.7 Å². The third-order valence-corrected chi connectivity index (χ3v) is 5.57. The smallest absolute Gasteiger partial charge is 0.273 e. The Bertz CT molecular complexity index is 682. The van der Waals surface area contributed by atoms with Crippen molar-refractivity contribution in [2.75, 3.05) is 26.2 Å². The first kappa shape index (κ1) is 14.8. The van der Waals surface area contributed by atoms with Gasteiger partial charge >= 0.3 is 0 Å². The molecule has 4 rings (SSSR count). The molecule has 0 N–H and O–H groups in total. The number of hydrogen-bond donors (Lipinski definition) is 0. The molecule has 2 fully saturated rings. The largest absolute Gasteiger partial charge is 0.337 e. The van der Waals surface area contributed by atoms with Crippen LogP contribution in [0.1, 0.15) is 22.5 Å². The second kappa shape index (κ2) is 6.05. The summed E-state index contributed by atoms with van der Waals surface area (Å²) >= 11 is 1.48. The van der Waals surface area contributed by atoms with E-state index < -0.39 is 0 Å². The molecule has 2 aromatic heterocycles. The number of carbonyl (C=O) groups is 1. The first-order chi connectivity index (χ1) is 11.2. The monoisotopic (exact) mass is 331 g/mol.